The van der Waals surface area contributed by atoms with E-state index in [9.17, 15) is 9.59 Å². The van der Waals surface area contributed by atoms with Crippen molar-refractivity contribution in [1.82, 2.24) is 10.6 Å². The fourth-order valence-corrected chi connectivity index (χ4v) is 3.17. The molecular formula is C20H18N2O5. The van der Waals surface area contributed by atoms with E-state index in [1.54, 1.807) is 12.1 Å². The molecule has 2 amide bonds. The lowest BCUT2D eigenvalue weighted by molar-refractivity contribution is -0.149. The number of carbonyl (C=O) groups is 2. The molecule has 2 unspecified atom stereocenters. The summed E-state index contributed by atoms with van der Waals surface area (Å²) in [4.78, 5) is 24.6. The van der Waals surface area contributed by atoms with E-state index in [2.05, 4.69) is 17.2 Å². The zero-order valence-electron chi connectivity index (χ0n) is 14.4. The quantitative estimate of drug-likeness (QED) is 0.813. The Bertz CT molecular complexity index is 897. The summed E-state index contributed by atoms with van der Waals surface area (Å²) in [5.74, 6) is 0.0848. The van der Waals surface area contributed by atoms with Gasteiger partial charge in [-0.25, -0.2) is 4.79 Å². The Balaban J connectivity index is 1.50. The van der Waals surface area contributed by atoms with Crippen molar-refractivity contribution in [2.24, 2.45) is 5.92 Å². The second kappa shape index (κ2) is 7.03. The maximum absolute atomic E-state index is 12.8. The predicted molar refractivity (Wildman–Crippen MR) is 95.8 cm³/mol. The van der Waals surface area contributed by atoms with Crippen molar-refractivity contribution < 1.29 is 23.8 Å². The van der Waals surface area contributed by atoms with Crippen LogP contribution in [0.5, 0.6) is 11.5 Å². The molecule has 2 aromatic rings. The summed E-state index contributed by atoms with van der Waals surface area (Å²) in [5, 5.41) is 5.34. The van der Waals surface area contributed by atoms with Gasteiger partial charge in [-0.15, -0.1) is 0 Å². The summed E-state index contributed by atoms with van der Waals surface area (Å²) >= 11 is 0. The van der Waals surface area contributed by atoms with E-state index in [0.29, 0.717) is 17.2 Å². The van der Waals surface area contributed by atoms with Crippen molar-refractivity contribution in [2.45, 2.75) is 12.6 Å². The molecule has 2 aliphatic rings. The molecule has 1 saturated heterocycles. The third kappa shape index (κ3) is 3.44. The lowest BCUT2D eigenvalue weighted by atomic mass is 9.89. The number of hydrogen-bond acceptors (Lipinski definition) is 5. The Morgan fingerprint density at radius 1 is 1.15 bits per heavy atom. The molecular weight excluding hydrogens is 348 g/mol. The fourth-order valence-electron chi connectivity index (χ4n) is 3.17. The smallest absolute Gasteiger partial charge is 0.319 e. The topological polar surface area (TPSA) is 85.9 Å². The molecule has 2 heterocycles. The van der Waals surface area contributed by atoms with Crippen LogP contribution in [-0.4, -0.2) is 18.8 Å². The van der Waals surface area contributed by atoms with Gasteiger partial charge >= 0.3 is 12.0 Å². The highest BCUT2D eigenvalue weighted by Crippen LogP contribution is 2.33. The average molecular weight is 366 g/mol. The molecule has 0 aromatic heterocycles. The Morgan fingerprint density at radius 3 is 2.74 bits per heavy atom. The van der Waals surface area contributed by atoms with E-state index >= 15 is 0 Å². The molecule has 27 heavy (non-hydrogen) atoms. The SMILES string of the molecule is C=C1NC(=O)NC(c2ccccc2)C1C(=O)OCc1ccc2c(c1)OCO2. The van der Waals surface area contributed by atoms with Gasteiger partial charge in [0.05, 0.1) is 6.04 Å². The first-order chi connectivity index (χ1) is 13.1. The Morgan fingerprint density at radius 2 is 1.93 bits per heavy atom. The standard InChI is InChI=1S/C20H18N2O5/c1-12-17(18(22-20(24)21-12)14-5-3-2-4-6-14)19(23)25-10-13-7-8-15-16(9-13)27-11-26-15/h2-9,17-18H,1,10-11H2,(H2,21,22,24). The number of ether oxygens (including phenoxy) is 3. The maximum atomic E-state index is 12.8. The van der Waals surface area contributed by atoms with Crippen LogP contribution in [0.25, 0.3) is 0 Å². The van der Waals surface area contributed by atoms with Crippen molar-refractivity contribution in [3.8, 4) is 11.5 Å². The van der Waals surface area contributed by atoms with Crippen molar-refractivity contribution in [1.29, 1.82) is 0 Å². The maximum Gasteiger partial charge on any atom is 0.319 e. The lowest BCUT2D eigenvalue weighted by Crippen LogP contribution is -2.51. The molecule has 138 valence electrons. The number of nitrogens with one attached hydrogen (secondary N) is 2. The first-order valence-corrected chi connectivity index (χ1v) is 8.48. The molecule has 2 N–H and O–H groups in total. The number of hydrogen-bond donors (Lipinski definition) is 2. The second-order valence-corrected chi connectivity index (χ2v) is 6.29. The largest absolute Gasteiger partial charge is 0.460 e. The van der Waals surface area contributed by atoms with Gasteiger partial charge in [0.1, 0.15) is 12.5 Å². The van der Waals surface area contributed by atoms with Crippen LogP contribution in [0.4, 0.5) is 4.79 Å². The Kier molecular flexibility index (Phi) is 4.42. The number of urea groups is 1. The van der Waals surface area contributed by atoms with Gasteiger partial charge in [-0.1, -0.05) is 43.0 Å². The molecule has 0 bridgehead atoms. The van der Waals surface area contributed by atoms with Crippen molar-refractivity contribution in [2.75, 3.05) is 6.79 Å². The zero-order valence-corrected chi connectivity index (χ0v) is 14.4. The monoisotopic (exact) mass is 366 g/mol. The summed E-state index contributed by atoms with van der Waals surface area (Å²) in [6.07, 6.45) is 0. The molecule has 7 heteroatoms. The van der Waals surface area contributed by atoms with Gasteiger partial charge in [0.15, 0.2) is 11.5 Å². The third-order valence-corrected chi connectivity index (χ3v) is 4.50. The van der Waals surface area contributed by atoms with E-state index in [0.717, 1.165) is 11.1 Å². The Hall–Kier alpha value is -3.48. The highest BCUT2D eigenvalue weighted by Gasteiger charge is 2.38. The van der Waals surface area contributed by atoms with E-state index in [-0.39, 0.29) is 13.4 Å². The minimum Gasteiger partial charge on any atom is -0.460 e. The van der Waals surface area contributed by atoms with Gasteiger partial charge in [0, 0.05) is 5.70 Å². The minimum atomic E-state index is -0.737. The van der Waals surface area contributed by atoms with Gasteiger partial charge in [0.25, 0.3) is 0 Å². The van der Waals surface area contributed by atoms with Crippen LogP contribution in [0.2, 0.25) is 0 Å². The fraction of sp³-hybridized carbons (Fsp3) is 0.200. The third-order valence-electron chi connectivity index (χ3n) is 4.50. The van der Waals surface area contributed by atoms with Gasteiger partial charge in [-0.05, 0) is 23.3 Å². The molecule has 0 spiro atoms. The number of fused-ring (bicyclic) bond motifs is 1. The average Bonchev–Trinajstić information content (AvgIpc) is 3.14. The number of amides is 2. The molecule has 2 atom stereocenters. The van der Waals surface area contributed by atoms with Gasteiger partial charge < -0.3 is 24.8 Å². The normalized spacial score (nSPS) is 20.6. The van der Waals surface area contributed by atoms with Crippen molar-refractivity contribution in [3.05, 3.63) is 71.9 Å². The van der Waals surface area contributed by atoms with Gasteiger partial charge in [-0.3, -0.25) is 4.79 Å². The van der Waals surface area contributed by atoms with Crippen LogP contribution in [-0.2, 0) is 16.1 Å². The highest BCUT2D eigenvalue weighted by molar-refractivity contribution is 5.85. The van der Waals surface area contributed by atoms with Crippen LogP contribution in [0.3, 0.4) is 0 Å². The molecule has 1 fully saturated rings. The molecule has 2 aromatic carbocycles. The summed E-state index contributed by atoms with van der Waals surface area (Å²) < 4.78 is 16.1. The molecule has 0 aliphatic carbocycles. The van der Waals surface area contributed by atoms with Crippen LogP contribution in [0, 0.1) is 5.92 Å². The molecule has 7 nitrogen and oxygen atoms in total. The van der Waals surface area contributed by atoms with Crippen molar-refractivity contribution >= 4 is 12.0 Å². The highest BCUT2D eigenvalue weighted by atomic mass is 16.7. The Labute approximate surface area is 155 Å². The van der Waals surface area contributed by atoms with Crippen LogP contribution >= 0.6 is 0 Å². The zero-order chi connectivity index (χ0) is 18.8. The number of rotatable bonds is 4. The van der Waals surface area contributed by atoms with Gasteiger partial charge in [0.2, 0.25) is 6.79 Å². The predicted octanol–water partition coefficient (Wildman–Crippen LogP) is 2.64. The summed E-state index contributed by atoms with van der Waals surface area (Å²) in [6.45, 7) is 4.10. The number of carbonyl (C=O) groups excluding carboxylic acids is 2. The number of esters is 1. The molecule has 0 saturated carbocycles. The van der Waals surface area contributed by atoms with E-state index in [4.69, 9.17) is 14.2 Å². The van der Waals surface area contributed by atoms with E-state index < -0.39 is 24.0 Å². The van der Waals surface area contributed by atoms with Crippen molar-refractivity contribution in [3.63, 3.8) is 0 Å². The first-order valence-electron chi connectivity index (χ1n) is 8.48. The molecule has 4 rings (SSSR count). The molecule has 0 radical (unpaired) electrons. The summed E-state index contributed by atoms with van der Waals surface area (Å²) in [6, 6.07) is 13.7. The van der Waals surface area contributed by atoms with Gasteiger partial charge in [-0.2, -0.15) is 0 Å². The summed E-state index contributed by atoms with van der Waals surface area (Å²) in [7, 11) is 0. The summed E-state index contributed by atoms with van der Waals surface area (Å²) in [5.41, 5.74) is 1.89. The van der Waals surface area contributed by atoms with Crippen LogP contribution in [0.1, 0.15) is 17.2 Å². The number of benzene rings is 2. The van der Waals surface area contributed by atoms with E-state index in [1.807, 2.05) is 36.4 Å². The van der Waals surface area contributed by atoms with Crippen LogP contribution in [0.15, 0.2) is 60.8 Å². The molecule has 2 aliphatic heterocycles. The minimum absolute atomic E-state index is 0.0781. The first kappa shape index (κ1) is 17.0. The lowest BCUT2D eigenvalue weighted by Gasteiger charge is -2.33. The van der Waals surface area contributed by atoms with E-state index in [1.165, 1.54) is 0 Å². The second-order valence-electron chi connectivity index (χ2n) is 6.29. The van der Waals surface area contributed by atoms with Crippen LogP contribution < -0.4 is 20.1 Å².